The fourth-order valence-corrected chi connectivity index (χ4v) is 2.32. The van der Waals surface area contributed by atoms with Crippen LogP contribution in [0.4, 0.5) is 13.2 Å². The molecular weight excluding hydrogens is 233 g/mol. The third-order valence-corrected chi connectivity index (χ3v) is 3.15. The molecule has 0 amide bonds. The average Bonchev–Trinajstić information content (AvgIpc) is 2.61. The van der Waals surface area contributed by atoms with Crippen LogP contribution < -0.4 is 0 Å². The van der Waals surface area contributed by atoms with Crippen molar-refractivity contribution in [3.63, 3.8) is 0 Å². The van der Waals surface area contributed by atoms with E-state index in [-0.39, 0.29) is 12.1 Å². The number of fused-ring (bicyclic) bond motifs is 1. The normalized spacial score (nSPS) is 21.9. The molecule has 0 bridgehead atoms. The molecule has 2 rings (SSSR count). The Hall–Kier alpha value is -1.11. The number of nitrogens with zero attached hydrogens (tertiary/aromatic N) is 4. The predicted octanol–water partition coefficient (Wildman–Crippen LogP) is 2.08. The smallest absolute Gasteiger partial charge is 0.305 e. The number of alkyl halides is 3. The van der Waals surface area contributed by atoms with Gasteiger partial charge in [-0.2, -0.15) is 13.2 Å². The van der Waals surface area contributed by atoms with E-state index in [0.29, 0.717) is 18.9 Å². The topological polar surface area (TPSA) is 34.0 Å². The zero-order valence-electron chi connectivity index (χ0n) is 9.99. The summed E-state index contributed by atoms with van der Waals surface area (Å²) in [7, 11) is 0. The summed E-state index contributed by atoms with van der Waals surface area (Å²) in [6, 6.07) is 0.150. The largest absolute Gasteiger partial charge is 0.451 e. The van der Waals surface area contributed by atoms with Crippen molar-refractivity contribution in [2.75, 3.05) is 6.54 Å². The maximum absolute atomic E-state index is 12.7. The molecule has 1 aliphatic heterocycles. The summed E-state index contributed by atoms with van der Waals surface area (Å²) in [4.78, 5) is 2.12. The summed E-state index contributed by atoms with van der Waals surface area (Å²) in [5.41, 5.74) is 0. The van der Waals surface area contributed by atoms with Gasteiger partial charge in [0.15, 0.2) is 0 Å². The lowest BCUT2D eigenvalue weighted by Gasteiger charge is -2.36. The minimum atomic E-state index is -4.43. The lowest BCUT2D eigenvalue weighted by atomic mass is 10.1. The minimum Gasteiger partial charge on any atom is -0.305 e. The van der Waals surface area contributed by atoms with Gasteiger partial charge in [-0.05, 0) is 20.8 Å². The van der Waals surface area contributed by atoms with Crippen LogP contribution in [0.2, 0.25) is 0 Å². The van der Waals surface area contributed by atoms with Crippen molar-refractivity contribution in [1.29, 1.82) is 0 Å². The van der Waals surface area contributed by atoms with Gasteiger partial charge in [0.1, 0.15) is 5.82 Å². The Morgan fingerprint density at radius 1 is 1.24 bits per heavy atom. The maximum atomic E-state index is 12.7. The van der Waals surface area contributed by atoms with Gasteiger partial charge >= 0.3 is 6.18 Å². The van der Waals surface area contributed by atoms with Gasteiger partial charge in [-0.1, -0.05) is 0 Å². The molecule has 0 saturated carbocycles. The average molecular weight is 248 g/mol. The first-order valence-electron chi connectivity index (χ1n) is 5.58. The lowest BCUT2D eigenvalue weighted by Crippen LogP contribution is -2.42. The molecule has 1 atom stereocenters. The highest BCUT2D eigenvalue weighted by atomic mass is 19.4. The van der Waals surface area contributed by atoms with Gasteiger partial charge in [0.05, 0.1) is 6.04 Å². The second-order valence-corrected chi connectivity index (χ2v) is 4.54. The third-order valence-electron chi connectivity index (χ3n) is 3.15. The van der Waals surface area contributed by atoms with E-state index in [1.807, 2.05) is 20.8 Å². The van der Waals surface area contributed by atoms with Gasteiger partial charge < -0.3 is 4.57 Å². The van der Waals surface area contributed by atoms with Crippen LogP contribution in [-0.2, 0) is 12.7 Å². The quantitative estimate of drug-likeness (QED) is 0.763. The van der Waals surface area contributed by atoms with Crippen molar-refractivity contribution in [2.24, 2.45) is 0 Å². The SMILES string of the molecule is CC(C)N1CCn2c(nnc2C(F)(F)F)[C@@H]1C. The van der Waals surface area contributed by atoms with Gasteiger partial charge in [0.2, 0.25) is 5.82 Å². The molecule has 1 aromatic rings. The Morgan fingerprint density at radius 3 is 2.41 bits per heavy atom. The Kier molecular flexibility index (Phi) is 2.89. The van der Waals surface area contributed by atoms with Crippen LogP contribution in [0.25, 0.3) is 0 Å². The van der Waals surface area contributed by atoms with Crippen molar-refractivity contribution >= 4 is 0 Å². The highest BCUT2D eigenvalue weighted by molar-refractivity contribution is 5.06. The third kappa shape index (κ3) is 2.03. The minimum absolute atomic E-state index is 0.132. The highest BCUT2D eigenvalue weighted by Gasteiger charge is 2.41. The number of aromatic nitrogens is 3. The van der Waals surface area contributed by atoms with Crippen LogP contribution in [-0.4, -0.2) is 32.3 Å². The molecule has 0 unspecified atom stereocenters. The van der Waals surface area contributed by atoms with Crippen LogP contribution >= 0.6 is 0 Å². The molecule has 2 heterocycles. The first-order valence-corrected chi connectivity index (χ1v) is 5.58. The summed E-state index contributed by atoms with van der Waals surface area (Å²) >= 11 is 0. The van der Waals surface area contributed by atoms with E-state index in [2.05, 4.69) is 15.1 Å². The molecule has 17 heavy (non-hydrogen) atoms. The zero-order valence-corrected chi connectivity index (χ0v) is 9.99. The van der Waals surface area contributed by atoms with Crippen LogP contribution in [0.1, 0.15) is 38.5 Å². The monoisotopic (exact) mass is 248 g/mol. The van der Waals surface area contributed by atoms with Gasteiger partial charge in [-0.15, -0.1) is 10.2 Å². The number of hydrogen-bond acceptors (Lipinski definition) is 3. The van der Waals surface area contributed by atoms with Crippen LogP contribution in [0.3, 0.4) is 0 Å². The molecule has 0 radical (unpaired) electrons. The van der Waals surface area contributed by atoms with E-state index in [4.69, 9.17) is 0 Å². The molecule has 0 aromatic carbocycles. The Labute approximate surface area is 97.4 Å². The van der Waals surface area contributed by atoms with Crippen molar-refractivity contribution in [3.8, 4) is 0 Å². The molecule has 7 heteroatoms. The Balaban J connectivity index is 2.37. The van der Waals surface area contributed by atoms with E-state index in [1.54, 1.807) is 0 Å². The summed E-state index contributed by atoms with van der Waals surface area (Å²) in [6.07, 6.45) is -4.43. The van der Waals surface area contributed by atoms with E-state index >= 15 is 0 Å². The van der Waals surface area contributed by atoms with E-state index in [1.165, 1.54) is 4.57 Å². The first kappa shape index (κ1) is 12.3. The van der Waals surface area contributed by atoms with E-state index < -0.39 is 12.0 Å². The van der Waals surface area contributed by atoms with Crippen molar-refractivity contribution in [2.45, 2.75) is 45.6 Å². The summed E-state index contributed by atoms with van der Waals surface area (Å²) < 4.78 is 39.1. The number of rotatable bonds is 1. The molecule has 4 nitrogen and oxygen atoms in total. The Morgan fingerprint density at radius 2 is 1.88 bits per heavy atom. The van der Waals surface area contributed by atoms with Crippen LogP contribution in [0.15, 0.2) is 0 Å². The molecular formula is C10H15F3N4. The molecule has 96 valence electrons. The van der Waals surface area contributed by atoms with Gasteiger partial charge in [0, 0.05) is 19.1 Å². The van der Waals surface area contributed by atoms with Crippen molar-refractivity contribution in [1.82, 2.24) is 19.7 Å². The van der Waals surface area contributed by atoms with Crippen molar-refractivity contribution in [3.05, 3.63) is 11.6 Å². The first-order chi connectivity index (χ1) is 7.82. The lowest BCUT2D eigenvalue weighted by molar-refractivity contribution is -0.148. The molecule has 0 saturated heterocycles. The second-order valence-electron chi connectivity index (χ2n) is 4.54. The van der Waals surface area contributed by atoms with Crippen LogP contribution in [0, 0.1) is 0 Å². The Bertz CT molecular complexity index is 410. The van der Waals surface area contributed by atoms with E-state index in [9.17, 15) is 13.2 Å². The number of hydrogen-bond donors (Lipinski definition) is 0. The second kappa shape index (κ2) is 3.97. The molecule has 0 N–H and O–H groups in total. The van der Waals surface area contributed by atoms with Gasteiger partial charge in [-0.3, -0.25) is 4.90 Å². The summed E-state index contributed by atoms with van der Waals surface area (Å²) in [5.74, 6) is -0.486. The summed E-state index contributed by atoms with van der Waals surface area (Å²) in [6.45, 7) is 6.78. The van der Waals surface area contributed by atoms with E-state index in [0.717, 1.165) is 0 Å². The predicted molar refractivity (Wildman–Crippen MR) is 55.3 cm³/mol. The molecule has 1 aromatic heterocycles. The fraction of sp³-hybridized carbons (Fsp3) is 0.800. The van der Waals surface area contributed by atoms with Gasteiger partial charge in [0.25, 0.3) is 0 Å². The van der Waals surface area contributed by atoms with Crippen molar-refractivity contribution < 1.29 is 13.2 Å². The molecule has 1 aliphatic rings. The zero-order chi connectivity index (χ0) is 12.8. The maximum Gasteiger partial charge on any atom is 0.451 e. The van der Waals surface area contributed by atoms with Crippen LogP contribution in [0.5, 0.6) is 0 Å². The molecule has 0 fully saturated rings. The fourth-order valence-electron chi connectivity index (χ4n) is 2.32. The standard InChI is InChI=1S/C10H15F3N4/c1-6(2)16-4-5-17-8(7(16)3)14-15-9(17)10(11,12)13/h6-7H,4-5H2,1-3H3/t7-/m0/s1. The highest BCUT2D eigenvalue weighted by Crippen LogP contribution is 2.33. The van der Waals surface area contributed by atoms with Gasteiger partial charge in [-0.25, -0.2) is 0 Å². The summed E-state index contributed by atoms with van der Waals surface area (Å²) in [5, 5.41) is 6.96. The molecule has 0 spiro atoms. The number of halogens is 3. The molecule has 0 aliphatic carbocycles.